The predicted octanol–water partition coefficient (Wildman–Crippen LogP) is 1.41. The highest BCUT2D eigenvalue weighted by Gasteiger charge is 2.21. The van der Waals surface area contributed by atoms with Crippen molar-refractivity contribution in [2.45, 2.75) is 19.2 Å². The monoisotopic (exact) mass is 392 g/mol. The molecular formula is C22H24N4O3. The minimum atomic E-state index is -0.290. The Morgan fingerprint density at radius 3 is 2.79 bits per heavy atom. The molecule has 0 aliphatic carbocycles. The van der Waals surface area contributed by atoms with Gasteiger partial charge in [-0.3, -0.25) is 19.1 Å². The molecule has 1 atom stereocenters. The maximum Gasteiger partial charge on any atom is 0.269 e. The van der Waals surface area contributed by atoms with Crippen LogP contribution >= 0.6 is 0 Å². The number of ether oxygens (including phenoxy) is 1. The molecule has 1 aliphatic heterocycles. The maximum absolute atomic E-state index is 12.5. The van der Waals surface area contributed by atoms with Gasteiger partial charge in [0.15, 0.2) is 0 Å². The van der Waals surface area contributed by atoms with Crippen LogP contribution in [0.1, 0.15) is 5.56 Å². The van der Waals surface area contributed by atoms with E-state index >= 15 is 0 Å². The number of morpholine rings is 1. The number of nitrogens with zero attached hydrogens (tertiary/aromatic N) is 3. The molecule has 1 unspecified atom stereocenters. The summed E-state index contributed by atoms with van der Waals surface area (Å²) < 4.78 is 7.25. The van der Waals surface area contributed by atoms with Gasteiger partial charge in [-0.2, -0.15) is 0 Å². The molecule has 29 heavy (non-hydrogen) atoms. The third kappa shape index (κ3) is 4.88. The van der Waals surface area contributed by atoms with Crippen LogP contribution in [0.15, 0.2) is 65.6 Å². The van der Waals surface area contributed by atoms with E-state index in [9.17, 15) is 9.59 Å². The van der Waals surface area contributed by atoms with Gasteiger partial charge in [-0.05, 0) is 17.7 Å². The summed E-state index contributed by atoms with van der Waals surface area (Å²) in [6, 6.07) is 17.6. The van der Waals surface area contributed by atoms with Crippen molar-refractivity contribution < 1.29 is 9.53 Å². The van der Waals surface area contributed by atoms with E-state index < -0.39 is 0 Å². The molecule has 0 bridgehead atoms. The van der Waals surface area contributed by atoms with Crippen LogP contribution in [0.5, 0.6) is 0 Å². The van der Waals surface area contributed by atoms with E-state index in [0.717, 1.165) is 19.6 Å². The smallest absolute Gasteiger partial charge is 0.269 e. The Hall–Kier alpha value is -3.03. The molecule has 7 nitrogen and oxygen atoms in total. The Labute approximate surface area is 168 Å². The van der Waals surface area contributed by atoms with Gasteiger partial charge < -0.3 is 10.1 Å². The number of benzene rings is 2. The summed E-state index contributed by atoms with van der Waals surface area (Å²) in [6.45, 7) is 3.52. The van der Waals surface area contributed by atoms with Crippen molar-refractivity contribution >= 4 is 16.9 Å². The van der Waals surface area contributed by atoms with Crippen LogP contribution in [0.2, 0.25) is 0 Å². The minimum absolute atomic E-state index is 0.0394. The third-order valence-corrected chi connectivity index (χ3v) is 5.05. The molecule has 2 heterocycles. The number of para-hydroxylation sites is 2. The van der Waals surface area contributed by atoms with Crippen molar-refractivity contribution in [1.29, 1.82) is 0 Å². The first-order chi connectivity index (χ1) is 14.2. The number of fused-ring (bicyclic) bond motifs is 1. The van der Waals surface area contributed by atoms with Crippen LogP contribution in [0.3, 0.4) is 0 Å². The average Bonchev–Trinajstić information content (AvgIpc) is 2.75. The number of nitrogens with one attached hydrogen (secondary N) is 1. The van der Waals surface area contributed by atoms with Crippen molar-refractivity contribution in [3.8, 4) is 0 Å². The van der Waals surface area contributed by atoms with Crippen LogP contribution in [0, 0.1) is 0 Å². The molecule has 150 valence electrons. The first kappa shape index (κ1) is 19.3. The molecule has 7 heteroatoms. The van der Waals surface area contributed by atoms with Crippen molar-refractivity contribution in [3.05, 3.63) is 76.7 Å². The summed E-state index contributed by atoms with van der Waals surface area (Å²) in [5.41, 5.74) is 2.31. The highest BCUT2D eigenvalue weighted by molar-refractivity contribution is 5.79. The first-order valence-electron chi connectivity index (χ1n) is 9.78. The zero-order valence-corrected chi connectivity index (χ0v) is 16.2. The summed E-state index contributed by atoms with van der Waals surface area (Å²) in [5, 5.41) is 2.91. The molecule has 3 aromatic rings. The molecule has 1 saturated heterocycles. The van der Waals surface area contributed by atoms with E-state index in [4.69, 9.17) is 4.74 Å². The van der Waals surface area contributed by atoms with Gasteiger partial charge in [0, 0.05) is 26.2 Å². The van der Waals surface area contributed by atoms with Gasteiger partial charge in [0.2, 0.25) is 5.91 Å². The second kappa shape index (κ2) is 8.98. The highest BCUT2D eigenvalue weighted by atomic mass is 16.5. The molecule has 0 saturated carbocycles. The number of hydrogen-bond donors (Lipinski definition) is 1. The Balaban J connectivity index is 1.33. The molecule has 0 radical (unpaired) electrons. The number of rotatable bonds is 6. The number of aromatic nitrogens is 2. The van der Waals surface area contributed by atoms with E-state index in [1.165, 1.54) is 16.3 Å². The maximum atomic E-state index is 12.5. The van der Waals surface area contributed by atoms with E-state index in [0.29, 0.717) is 24.2 Å². The fraction of sp³-hybridized carbons (Fsp3) is 0.318. The molecule has 2 aromatic carbocycles. The molecule has 0 spiro atoms. The number of hydrogen-bond acceptors (Lipinski definition) is 5. The van der Waals surface area contributed by atoms with E-state index in [1.807, 2.05) is 36.4 Å². The Morgan fingerprint density at radius 1 is 1.14 bits per heavy atom. The van der Waals surface area contributed by atoms with Crippen molar-refractivity contribution in [2.75, 3.05) is 26.2 Å². The minimum Gasteiger partial charge on any atom is -0.374 e. The largest absolute Gasteiger partial charge is 0.374 e. The summed E-state index contributed by atoms with van der Waals surface area (Å²) >= 11 is 0. The summed E-state index contributed by atoms with van der Waals surface area (Å²) in [4.78, 5) is 31.1. The van der Waals surface area contributed by atoms with E-state index in [-0.39, 0.29) is 24.1 Å². The van der Waals surface area contributed by atoms with Crippen LogP contribution in [0.4, 0.5) is 0 Å². The van der Waals surface area contributed by atoms with Crippen molar-refractivity contribution in [2.24, 2.45) is 0 Å². The number of carbonyl (C=O) groups excluding carboxylic acids is 1. The van der Waals surface area contributed by atoms with Crippen LogP contribution in [-0.4, -0.2) is 52.7 Å². The predicted molar refractivity (Wildman–Crippen MR) is 110 cm³/mol. The normalized spacial score (nSPS) is 17.3. The van der Waals surface area contributed by atoms with Crippen molar-refractivity contribution in [1.82, 2.24) is 19.8 Å². The van der Waals surface area contributed by atoms with E-state index in [1.54, 1.807) is 6.07 Å². The van der Waals surface area contributed by atoms with Crippen molar-refractivity contribution in [3.63, 3.8) is 0 Å². The zero-order chi connectivity index (χ0) is 20.1. The second-order valence-electron chi connectivity index (χ2n) is 7.19. The molecule has 4 rings (SSSR count). The summed E-state index contributed by atoms with van der Waals surface area (Å²) in [6.07, 6.45) is 1.18. The lowest BCUT2D eigenvalue weighted by atomic mass is 10.2. The number of amides is 1. The van der Waals surface area contributed by atoms with Gasteiger partial charge in [0.05, 0.1) is 29.9 Å². The Kier molecular flexibility index (Phi) is 5.97. The van der Waals surface area contributed by atoms with Gasteiger partial charge in [-0.25, -0.2) is 4.98 Å². The molecule has 1 fully saturated rings. The lowest BCUT2D eigenvalue weighted by molar-refractivity contribution is -0.122. The quantitative estimate of drug-likeness (QED) is 0.687. The Bertz CT molecular complexity index is 1030. The summed E-state index contributed by atoms with van der Waals surface area (Å²) in [5.74, 6) is -0.216. The second-order valence-corrected chi connectivity index (χ2v) is 7.19. The third-order valence-electron chi connectivity index (χ3n) is 5.05. The van der Waals surface area contributed by atoms with Gasteiger partial charge >= 0.3 is 0 Å². The van der Waals surface area contributed by atoms with Gasteiger partial charge in [0.25, 0.3) is 5.56 Å². The van der Waals surface area contributed by atoms with E-state index in [2.05, 4.69) is 27.3 Å². The number of carbonyl (C=O) groups is 1. The topological polar surface area (TPSA) is 76.5 Å². The molecular weight excluding hydrogens is 368 g/mol. The Morgan fingerprint density at radius 2 is 1.93 bits per heavy atom. The average molecular weight is 392 g/mol. The molecule has 1 amide bonds. The molecule has 1 N–H and O–H groups in total. The van der Waals surface area contributed by atoms with Gasteiger partial charge in [-0.1, -0.05) is 42.5 Å². The van der Waals surface area contributed by atoms with Gasteiger partial charge in [-0.15, -0.1) is 0 Å². The lowest BCUT2D eigenvalue weighted by Crippen LogP contribution is -2.47. The fourth-order valence-electron chi connectivity index (χ4n) is 3.59. The molecule has 1 aliphatic rings. The molecule has 1 aromatic heterocycles. The van der Waals surface area contributed by atoms with Crippen LogP contribution < -0.4 is 10.9 Å². The highest BCUT2D eigenvalue weighted by Crippen LogP contribution is 2.11. The first-order valence-corrected chi connectivity index (χ1v) is 9.78. The standard InChI is InChI=1S/C22H24N4O3/c27-21(16-26-20-9-5-4-8-19(20)23-13-22(26)28)24-12-18-15-25(10-11-29-18)14-17-6-2-1-3-7-17/h1-9,13,18H,10-12,14-16H2,(H,24,27). The summed E-state index contributed by atoms with van der Waals surface area (Å²) in [7, 11) is 0. The SMILES string of the molecule is O=C(Cn1c(=O)cnc2ccccc21)NCC1CN(Cc2ccccc2)CCO1. The zero-order valence-electron chi connectivity index (χ0n) is 16.2. The van der Waals surface area contributed by atoms with Crippen LogP contribution in [0.25, 0.3) is 11.0 Å². The van der Waals surface area contributed by atoms with Crippen LogP contribution in [-0.2, 0) is 22.6 Å². The van der Waals surface area contributed by atoms with Gasteiger partial charge in [0.1, 0.15) is 6.54 Å². The lowest BCUT2D eigenvalue weighted by Gasteiger charge is -2.33. The fourth-order valence-corrected chi connectivity index (χ4v) is 3.59.